The molecule has 20 heavy (non-hydrogen) atoms. The van der Waals surface area contributed by atoms with Gasteiger partial charge in [0.05, 0.1) is 11.4 Å². The Balaban J connectivity index is 2.66. The monoisotopic (exact) mass is 296 g/mol. The van der Waals surface area contributed by atoms with Gasteiger partial charge in [-0.05, 0) is 37.8 Å². The van der Waals surface area contributed by atoms with Crippen LogP contribution in [0.5, 0.6) is 0 Å². The Morgan fingerprint density at radius 1 is 1.20 bits per heavy atom. The largest absolute Gasteiger partial charge is 0.321 e. The highest BCUT2D eigenvalue weighted by molar-refractivity contribution is 6.16. The SMILES string of the molecule is CC(C)(C)CC(C)(C)n1c(CCl)nc2c(F)cccc21. The molecule has 0 fully saturated rings. The van der Waals surface area contributed by atoms with Crippen LogP contribution < -0.4 is 0 Å². The number of para-hydroxylation sites is 1. The van der Waals surface area contributed by atoms with E-state index in [1.54, 1.807) is 6.07 Å². The smallest absolute Gasteiger partial charge is 0.151 e. The molecule has 0 aliphatic heterocycles. The third-order valence-corrected chi connectivity index (χ3v) is 3.63. The van der Waals surface area contributed by atoms with Gasteiger partial charge < -0.3 is 4.57 Å². The lowest BCUT2D eigenvalue weighted by Crippen LogP contribution is -2.32. The molecule has 0 spiro atoms. The van der Waals surface area contributed by atoms with E-state index in [-0.39, 0.29) is 22.7 Å². The standard InChI is InChI=1S/C16H22ClFN2/c1-15(2,3)10-16(4,5)20-12-8-6-7-11(18)14(12)19-13(20)9-17/h6-8H,9-10H2,1-5H3. The first-order valence-electron chi connectivity index (χ1n) is 6.88. The van der Waals surface area contributed by atoms with Gasteiger partial charge in [-0.15, -0.1) is 11.6 Å². The van der Waals surface area contributed by atoms with E-state index >= 15 is 0 Å². The molecule has 1 heterocycles. The van der Waals surface area contributed by atoms with Crippen LogP contribution in [0.25, 0.3) is 11.0 Å². The summed E-state index contributed by atoms with van der Waals surface area (Å²) in [4.78, 5) is 4.38. The van der Waals surface area contributed by atoms with Crippen molar-refractivity contribution >= 4 is 22.6 Å². The van der Waals surface area contributed by atoms with Gasteiger partial charge in [-0.1, -0.05) is 26.8 Å². The van der Waals surface area contributed by atoms with Crippen molar-refractivity contribution in [2.24, 2.45) is 5.41 Å². The predicted molar refractivity (Wildman–Crippen MR) is 82.6 cm³/mol. The van der Waals surface area contributed by atoms with E-state index in [1.807, 2.05) is 6.07 Å². The number of alkyl halides is 1. The van der Waals surface area contributed by atoms with Gasteiger partial charge in [0.25, 0.3) is 0 Å². The first kappa shape index (κ1) is 15.3. The minimum atomic E-state index is -0.292. The fraction of sp³-hybridized carbons (Fsp3) is 0.562. The van der Waals surface area contributed by atoms with E-state index in [9.17, 15) is 4.39 Å². The molecule has 0 saturated carbocycles. The van der Waals surface area contributed by atoms with Gasteiger partial charge >= 0.3 is 0 Å². The van der Waals surface area contributed by atoms with E-state index in [4.69, 9.17) is 11.6 Å². The maximum atomic E-state index is 13.9. The van der Waals surface area contributed by atoms with Crippen LogP contribution in [0.1, 0.15) is 46.9 Å². The van der Waals surface area contributed by atoms with Crippen molar-refractivity contribution in [1.29, 1.82) is 0 Å². The second-order valence-corrected chi connectivity index (χ2v) is 7.42. The third kappa shape index (κ3) is 2.83. The molecular weight excluding hydrogens is 275 g/mol. The van der Waals surface area contributed by atoms with Crippen molar-refractivity contribution in [3.05, 3.63) is 29.8 Å². The summed E-state index contributed by atoms with van der Waals surface area (Å²) >= 11 is 6.03. The normalized spacial score (nSPS) is 13.2. The van der Waals surface area contributed by atoms with Crippen molar-refractivity contribution < 1.29 is 4.39 Å². The molecule has 0 radical (unpaired) electrons. The van der Waals surface area contributed by atoms with Gasteiger partial charge in [0.15, 0.2) is 5.82 Å². The first-order chi connectivity index (χ1) is 9.15. The Morgan fingerprint density at radius 3 is 2.40 bits per heavy atom. The van der Waals surface area contributed by atoms with Crippen LogP contribution in [0.2, 0.25) is 0 Å². The summed E-state index contributed by atoms with van der Waals surface area (Å²) in [5, 5.41) is 0. The second-order valence-electron chi connectivity index (χ2n) is 7.15. The number of aromatic nitrogens is 2. The summed E-state index contributed by atoms with van der Waals surface area (Å²) in [6.45, 7) is 10.9. The maximum absolute atomic E-state index is 13.9. The number of hydrogen-bond donors (Lipinski definition) is 0. The van der Waals surface area contributed by atoms with E-state index in [2.05, 4.69) is 44.2 Å². The summed E-state index contributed by atoms with van der Waals surface area (Å²) in [7, 11) is 0. The van der Waals surface area contributed by atoms with Gasteiger partial charge in [0.2, 0.25) is 0 Å². The third-order valence-electron chi connectivity index (χ3n) is 3.39. The lowest BCUT2D eigenvalue weighted by atomic mass is 9.81. The number of benzene rings is 1. The van der Waals surface area contributed by atoms with Crippen LogP contribution in [0.15, 0.2) is 18.2 Å². The molecule has 1 aromatic heterocycles. The number of nitrogens with zero attached hydrogens (tertiary/aromatic N) is 2. The Hall–Kier alpha value is -1.09. The van der Waals surface area contributed by atoms with Gasteiger partial charge in [-0.2, -0.15) is 0 Å². The second kappa shape index (κ2) is 5.03. The fourth-order valence-electron chi connectivity index (χ4n) is 3.26. The molecule has 0 bridgehead atoms. The minimum Gasteiger partial charge on any atom is -0.321 e. The molecule has 0 amide bonds. The van der Waals surface area contributed by atoms with Crippen LogP contribution in [-0.2, 0) is 11.4 Å². The Kier molecular flexibility index (Phi) is 3.85. The first-order valence-corrected chi connectivity index (χ1v) is 7.41. The summed E-state index contributed by atoms with van der Waals surface area (Å²) in [5.74, 6) is 0.710. The molecule has 0 unspecified atom stereocenters. The van der Waals surface area contributed by atoms with Crippen LogP contribution in [0.3, 0.4) is 0 Å². The Morgan fingerprint density at radius 2 is 1.85 bits per heavy atom. The van der Waals surface area contributed by atoms with Crippen LogP contribution in [0, 0.1) is 11.2 Å². The molecule has 0 N–H and O–H groups in total. The fourth-order valence-corrected chi connectivity index (χ4v) is 3.43. The number of hydrogen-bond acceptors (Lipinski definition) is 1. The molecule has 0 aliphatic carbocycles. The van der Waals surface area contributed by atoms with E-state index in [1.165, 1.54) is 6.07 Å². The zero-order valence-corrected chi connectivity index (χ0v) is 13.6. The van der Waals surface area contributed by atoms with Crippen molar-refractivity contribution in [3.63, 3.8) is 0 Å². The minimum absolute atomic E-state index is 0.164. The maximum Gasteiger partial charge on any atom is 0.151 e. The highest BCUT2D eigenvalue weighted by atomic mass is 35.5. The van der Waals surface area contributed by atoms with E-state index in [0.29, 0.717) is 5.52 Å². The molecule has 1 aromatic carbocycles. The molecule has 2 rings (SSSR count). The van der Waals surface area contributed by atoms with E-state index in [0.717, 1.165) is 17.8 Å². The molecule has 110 valence electrons. The average molecular weight is 297 g/mol. The molecule has 2 nitrogen and oxygen atoms in total. The van der Waals surface area contributed by atoms with Gasteiger partial charge in [-0.3, -0.25) is 0 Å². The lowest BCUT2D eigenvalue weighted by Gasteiger charge is -2.35. The number of imidazole rings is 1. The van der Waals surface area contributed by atoms with Gasteiger partial charge in [0.1, 0.15) is 11.3 Å². The number of rotatable bonds is 3. The van der Waals surface area contributed by atoms with Crippen LogP contribution in [-0.4, -0.2) is 9.55 Å². The van der Waals surface area contributed by atoms with Crippen molar-refractivity contribution in [3.8, 4) is 0 Å². The topological polar surface area (TPSA) is 17.8 Å². The summed E-state index contributed by atoms with van der Waals surface area (Å²) in [6.07, 6.45) is 0.950. The van der Waals surface area contributed by atoms with Crippen molar-refractivity contribution in [1.82, 2.24) is 9.55 Å². The Bertz CT molecular complexity index is 623. The number of halogens is 2. The number of fused-ring (bicyclic) bond motifs is 1. The summed E-state index contributed by atoms with van der Waals surface area (Å²) < 4.78 is 16.0. The summed E-state index contributed by atoms with van der Waals surface area (Å²) in [5.41, 5.74) is 1.21. The Labute approximate surface area is 125 Å². The van der Waals surface area contributed by atoms with Crippen LogP contribution >= 0.6 is 11.6 Å². The van der Waals surface area contributed by atoms with Crippen molar-refractivity contribution in [2.75, 3.05) is 0 Å². The molecular formula is C16H22ClFN2. The van der Waals surface area contributed by atoms with Gasteiger partial charge in [0, 0.05) is 5.54 Å². The van der Waals surface area contributed by atoms with Gasteiger partial charge in [-0.25, -0.2) is 9.37 Å². The molecule has 0 atom stereocenters. The van der Waals surface area contributed by atoms with E-state index < -0.39 is 0 Å². The summed E-state index contributed by atoms with van der Waals surface area (Å²) in [6, 6.07) is 5.07. The molecule has 4 heteroatoms. The average Bonchev–Trinajstić information content (AvgIpc) is 2.66. The highest BCUT2D eigenvalue weighted by Gasteiger charge is 2.31. The highest BCUT2D eigenvalue weighted by Crippen LogP contribution is 2.36. The quantitative estimate of drug-likeness (QED) is 0.722. The molecule has 0 saturated heterocycles. The van der Waals surface area contributed by atoms with Crippen molar-refractivity contribution in [2.45, 2.75) is 52.5 Å². The lowest BCUT2D eigenvalue weighted by molar-refractivity contribution is 0.216. The zero-order valence-electron chi connectivity index (χ0n) is 12.8. The zero-order chi connectivity index (χ0) is 15.1. The molecule has 0 aliphatic rings. The van der Waals surface area contributed by atoms with Crippen LogP contribution in [0.4, 0.5) is 4.39 Å². The molecule has 2 aromatic rings. The predicted octanol–water partition coefficient (Wildman–Crippen LogP) is 5.09.